The summed E-state index contributed by atoms with van der Waals surface area (Å²) in [5.41, 5.74) is 0.370. The molecule has 0 bridgehead atoms. The predicted octanol–water partition coefficient (Wildman–Crippen LogP) is -1.05. The van der Waals surface area contributed by atoms with Crippen molar-refractivity contribution in [2.24, 2.45) is 0 Å². The van der Waals surface area contributed by atoms with Crippen molar-refractivity contribution in [1.29, 1.82) is 0 Å². The molecule has 4 amide bonds. The van der Waals surface area contributed by atoms with Crippen LogP contribution in [0.25, 0.3) is 0 Å². The molecule has 11 nitrogen and oxygen atoms in total. The van der Waals surface area contributed by atoms with Crippen molar-refractivity contribution in [3.8, 4) is 0 Å². The first-order valence-corrected chi connectivity index (χ1v) is 11.4. The third kappa shape index (κ3) is 5.96. The van der Waals surface area contributed by atoms with Crippen LogP contribution in [0.15, 0.2) is 24.5 Å². The summed E-state index contributed by atoms with van der Waals surface area (Å²) in [6.45, 7) is 0.848. The molecule has 3 rings (SSSR count). The van der Waals surface area contributed by atoms with Gasteiger partial charge in [0.25, 0.3) is 5.91 Å². The second-order valence-electron chi connectivity index (χ2n) is 7.48. The summed E-state index contributed by atoms with van der Waals surface area (Å²) in [4.78, 5) is 68.2. The lowest BCUT2D eigenvalue weighted by Crippen LogP contribution is -2.64. The molecule has 3 heterocycles. The van der Waals surface area contributed by atoms with Gasteiger partial charge in [0.2, 0.25) is 17.7 Å². The molecule has 0 spiro atoms. The second-order valence-corrected chi connectivity index (χ2v) is 8.46. The van der Waals surface area contributed by atoms with E-state index in [1.165, 1.54) is 16.0 Å². The molecule has 12 heteroatoms. The fourth-order valence-corrected chi connectivity index (χ4v) is 4.27. The largest absolute Gasteiger partial charge is 0.481 e. The van der Waals surface area contributed by atoms with Crippen molar-refractivity contribution in [2.75, 3.05) is 37.7 Å². The number of hydrogen-bond acceptors (Lipinski definition) is 7. The van der Waals surface area contributed by atoms with Gasteiger partial charge in [-0.3, -0.25) is 29.0 Å². The maximum Gasteiger partial charge on any atom is 0.313 e. The third-order valence-electron chi connectivity index (χ3n) is 5.25. The monoisotopic (exact) mass is 463 g/mol. The van der Waals surface area contributed by atoms with Crippen LogP contribution in [0.5, 0.6) is 0 Å². The highest BCUT2D eigenvalue weighted by Gasteiger charge is 2.38. The van der Waals surface area contributed by atoms with Gasteiger partial charge in [0, 0.05) is 32.0 Å². The number of carbonyl (C=O) groups is 5. The first kappa shape index (κ1) is 23.5. The van der Waals surface area contributed by atoms with Crippen LogP contribution in [0.4, 0.5) is 0 Å². The van der Waals surface area contributed by atoms with Crippen molar-refractivity contribution in [3.63, 3.8) is 0 Å². The van der Waals surface area contributed by atoms with Gasteiger partial charge < -0.3 is 25.5 Å². The van der Waals surface area contributed by atoms with Gasteiger partial charge in [0.15, 0.2) is 0 Å². The van der Waals surface area contributed by atoms with Crippen LogP contribution < -0.4 is 10.6 Å². The quantitative estimate of drug-likeness (QED) is 0.464. The van der Waals surface area contributed by atoms with Gasteiger partial charge in [0.1, 0.15) is 12.1 Å². The number of thioether (sulfide) groups is 1. The summed E-state index contributed by atoms with van der Waals surface area (Å²) in [6, 6.07) is 1.58. The number of carboxylic acid groups (broad SMARTS) is 1. The zero-order valence-electron chi connectivity index (χ0n) is 17.4. The lowest BCUT2D eigenvalue weighted by Gasteiger charge is -2.41. The van der Waals surface area contributed by atoms with E-state index in [1.807, 2.05) is 0 Å². The number of pyridine rings is 1. The molecule has 2 aliphatic heterocycles. The molecule has 0 saturated carbocycles. The second kappa shape index (κ2) is 10.9. The number of nitrogens with one attached hydrogen (secondary N) is 2. The Kier molecular flexibility index (Phi) is 8.03. The standard InChI is InChI=1S/C20H25N5O6S/c26-16(11-32-12-17(27)28)25-8-7-24(20(31)13-3-1-5-21-9-13)10-15(25)19(30)23-14-4-2-6-22-18(14)29/h1,3,5,9,14-15H,2,4,6-8,10-12H2,(H,22,29)(H,23,30)(H,27,28)/t14-,15-/m0/s1. The van der Waals surface area contributed by atoms with E-state index in [0.717, 1.165) is 18.2 Å². The summed E-state index contributed by atoms with van der Waals surface area (Å²) in [7, 11) is 0. The van der Waals surface area contributed by atoms with Crippen LogP contribution in [-0.2, 0) is 19.2 Å². The zero-order chi connectivity index (χ0) is 23.1. The van der Waals surface area contributed by atoms with Gasteiger partial charge >= 0.3 is 5.97 Å². The molecule has 32 heavy (non-hydrogen) atoms. The zero-order valence-corrected chi connectivity index (χ0v) is 18.2. The summed E-state index contributed by atoms with van der Waals surface area (Å²) in [6.07, 6.45) is 4.20. The lowest BCUT2D eigenvalue weighted by molar-refractivity contribution is -0.142. The molecule has 0 aliphatic carbocycles. The Bertz CT molecular complexity index is 882. The Balaban J connectivity index is 1.73. The SMILES string of the molecule is O=C(O)CSCC(=O)N1CCN(C(=O)c2cccnc2)C[C@H]1C(=O)N[C@H]1CCCNC1=O. The number of carbonyl (C=O) groups excluding carboxylic acids is 4. The summed E-state index contributed by atoms with van der Waals surface area (Å²) >= 11 is 0.942. The average Bonchev–Trinajstić information content (AvgIpc) is 2.80. The summed E-state index contributed by atoms with van der Waals surface area (Å²) < 4.78 is 0. The molecular formula is C20H25N5O6S. The van der Waals surface area contributed by atoms with E-state index >= 15 is 0 Å². The van der Waals surface area contributed by atoms with Crippen molar-refractivity contribution < 1.29 is 29.1 Å². The van der Waals surface area contributed by atoms with E-state index in [1.54, 1.807) is 18.3 Å². The number of aliphatic carboxylic acids is 1. The number of piperidine rings is 1. The van der Waals surface area contributed by atoms with Gasteiger partial charge in [-0.05, 0) is 25.0 Å². The minimum atomic E-state index is -1.03. The number of carboxylic acids is 1. The molecule has 172 valence electrons. The number of amides is 4. The number of aromatic nitrogens is 1. The fourth-order valence-electron chi connectivity index (χ4n) is 3.65. The van der Waals surface area contributed by atoms with Gasteiger partial charge in [-0.25, -0.2) is 0 Å². The minimum Gasteiger partial charge on any atom is -0.481 e. The van der Waals surface area contributed by atoms with Crippen LogP contribution in [0.2, 0.25) is 0 Å². The molecule has 2 fully saturated rings. The number of hydrogen-bond donors (Lipinski definition) is 3. The first-order chi connectivity index (χ1) is 15.4. The molecule has 2 atom stereocenters. The van der Waals surface area contributed by atoms with Crippen molar-refractivity contribution in [2.45, 2.75) is 24.9 Å². The van der Waals surface area contributed by atoms with Crippen LogP contribution in [-0.4, -0.2) is 99.3 Å². The van der Waals surface area contributed by atoms with Crippen molar-refractivity contribution in [1.82, 2.24) is 25.4 Å². The van der Waals surface area contributed by atoms with E-state index in [9.17, 15) is 24.0 Å². The fraction of sp³-hybridized carbons (Fsp3) is 0.500. The molecular weight excluding hydrogens is 438 g/mol. The summed E-state index contributed by atoms with van der Waals surface area (Å²) in [5.74, 6) is -2.87. The van der Waals surface area contributed by atoms with E-state index in [-0.39, 0.29) is 43.0 Å². The molecule has 1 aromatic heterocycles. The van der Waals surface area contributed by atoms with Crippen LogP contribution in [0, 0.1) is 0 Å². The third-order valence-corrected chi connectivity index (χ3v) is 6.15. The maximum absolute atomic E-state index is 13.1. The molecule has 1 aromatic rings. The number of piperazine rings is 1. The Morgan fingerprint density at radius 1 is 1.25 bits per heavy atom. The Labute approximate surface area is 188 Å². The van der Waals surface area contributed by atoms with E-state index < -0.39 is 29.9 Å². The Hall–Kier alpha value is -3.15. The number of rotatable bonds is 7. The summed E-state index contributed by atoms with van der Waals surface area (Å²) in [5, 5.41) is 14.2. The molecule has 3 N–H and O–H groups in total. The van der Waals surface area contributed by atoms with Crippen LogP contribution >= 0.6 is 11.8 Å². The normalized spacial score (nSPS) is 20.9. The smallest absolute Gasteiger partial charge is 0.313 e. The highest BCUT2D eigenvalue weighted by atomic mass is 32.2. The maximum atomic E-state index is 13.1. The predicted molar refractivity (Wildman–Crippen MR) is 115 cm³/mol. The Morgan fingerprint density at radius 3 is 2.75 bits per heavy atom. The van der Waals surface area contributed by atoms with E-state index in [2.05, 4.69) is 15.6 Å². The lowest BCUT2D eigenvalue weighted by atomic mass is 10.0. The highest BCUT2D eigenvalue weighted by molar-refractivity contribution is 8.00. The first-order valence-electron chi connectivity index (χ1n) is 10.2. The molecule has 0 aromatic carbocycles. The van der Waals surface area contributed by atoms with Gasteiger partial charge in [-0.2, -0.15) is 0 Å². The number of nitrogens with zero attached hydrogens (tertiary/aromatic N) is 3. The molecule has 2 aliphatic rings. The molecule has 2 saturated heterocycles. The van der Waals surface area contributed by atoms with Gasteiger partial charge in [-0.1, -0.05) is 0 Å². The van der Waals surface area contributed by atoms with Gasteiger partial charge in [0.05, 0.1) is 23.6 Å². The topological polar surface area (TPSA) is 149 Å². The highest BCUT2D eigenvalue weighted by Crippen LogP contribution is 2.16. The van der Waals surface area contributed by atoms with E-state index in [4.69, 9.17) is 5.11 Å². The molecule has 0 unspecified atom stereocenters. The Morgan fingerprint density at radius 2 is 2.06 bits per heavy atom. The van der Waals surface area contributed by atoms with Crippen molar-refractivity contribution >= 4 is 41.4 Å². The van der Waals surface area contributed by atoms with Crippen molar-refractivity contribution in [3.05, 3.63) is 30.1 Å². The minimum absolute atomic E-state index is 0.0385. The van der Waals surface area contributed by atoms with E-state index in [0.29, 0.717) is 18.5 Å². The van der Waals surface area contributed by atoms with Crippen LogP contribution in [0.1, 0.15) is 23.2 Å². The average molecular weight is 464 g/mol. The van der Waals surface area contributed by atoms with Gasteiger partial charge in [-0.15, -0.1) is 11.8 Å². The van der Waals surface area contributed by atoms with Crippen LogP contribution in [0.3, 0.4) is 0 Å². The molecule has 0 radical (unpaired) electrons.